The summed E-state index contributed by atoms with van der Waals surface area (Å²) >= 11 is 0. The number of alkyl halides is 3. The van der Waals surface area contributed by atoms with Gasteiger partial charge in [0.05, 0.1) is 25.5 Å². The van der Waals surface area contributed by atoms with Crippen LogP contribution in [0.3, 0.4) is 0 Å². The normalized spacial score (nSPS) is 11.7. The highest BCUT2D eigenvalue weighted by Gasteiger charge is 2.34. The summed E-state index contributed by atoms with van der Waals surface area (Å²) in [6.07, 6.45) is -4.66. The van der Waals surface area contributed by atoms with Crippen LogP contribution in [0.15, 0.2) is 24.3 Å². The van der Waals surface area contributed by atoms with E-state index in [1.807, 2.05) is 0 Å². The number of nitrogens with zero attached hydrogens (tertiary/aromatic N) is 2. The monoisotopic (exact) mass is 398 g/mol. The van der Waals surface area contributed by atoms with Crippen LogP contribution in [0.5, 0.6) is 5.75 Å². The van der Waals surface area contributed by atoms with Crippen molar-refractivity contribution in [3.05, 3.63) is 35.5 Å². The van der Waals surface area contributed by atoms with Crippen molar-refractivity contribution in [1.82, 2.24) is 9.97 Å². The molecule has 28 heavy (non-hydrogen) atoms. The SMILES string of the molecule is COC(=O)c1ccc(OC)c(Nc2cc(C(F)(F)F)nc(NC(C)(C)C)n2)c1. The standard InChI is InChI=1S/C18H21F3N4O3/c1-17(2,3)25-16-23-13(18(19,20)21)9-14(24-16)22-11-8-10(15(26)28-5)6-7-12(11)27-4/h6-9H,1-5H3,(H2,22,23,24,25). The number of hydrogen-bond donors (Lipinski definition) is 2. The maximum Gasteiger partial charge on any atom is 0.433 e. The lowest BCUT2D eigenvalue weighted by Crippen LogP contribution is -2.28. The molecule has 0 aliphatic heterocycles. The number of benzene rings is 1. The average molecular weight is 398 g/mol. The van der Waals surface area contributed by atoms with Gasteiger partial charge in [-0.1, -0.05) is 0 Å². The van der Waals surface area contributed by atoms with Crippen LogP contribution >= 0.6 is 0 Å². The number of aromatic nitrogens is 2. The van der Waals surface area contributed by atoms with Crippen molar-refractivity contribution in [1.29, 1.82) is 0 Å². The molecule has 0 saturated heterocycles. The fraction of sp³-hybridized carbons (Fsp3) is 0.389. The summed E-state index contributed by atoms with van der Waals surface area (Å²) in [4.78, 5) is 19.4. The molecule has 2 aromatic rings. The number of esters is 1. The van der Waals surface area contributed by atoms with Gasteiger partial charge in [-0.3, -0.25) is 0 Å². The largest absolute Gasteiger partial charge is 0.495 e. The first-order valence-electron chi connectivity index (χ1n) is 8.21. The molecule has 0 amide bonds. The van der Waals surface area contributed by atoms with Crippen LogP contribution in [-0.4, -0.2) is 35.7 Å². The van der Waals surface area contributed by atoms with E-state index in [9.17, 15) is 18.0 Å². The van der Waals surface area contributed by atoms with Crippen molar-refractivity contribution < 1.29 is 27.4 Å². The molecule has 0 atom stereocenters. The predicted octanol–water partition coefficient (Wildman–Crippen LogP) is 4.24. The van der Waals surface area contributed by atoms with Gasteiger partial charge >= 0.3 is 12.1 Å². The molecule has 0 spiro atoms. The van der Waals surface area contributed by atoms with Crippen LogP contribution in [0.2, 0.25) is 0 Å². The number of nitrogens with one attached hydrogen (secondary N) is 2. The molecule has 0 bridgehead atoms. The van der Waals surface area contributed by atoms with Crippen molar-refractivity contribution in [3.63, 3.8) is 0 Å². The first-order valence-corrected chi connectivity index (χ1v) is 8.21. The molecule has 0 radical (unpaired) electrons. The minimum atomic E-state index is -4.66. The predicted molar refractivity (Wildman–Crippen MR) is 98.0 cm³/mol. The molecule has 7 nitrogen and oxygen atoms in total. The Hall–Kier alpha value is -3.04. The van der Waals surface area contributed by atoms with Gasteiger partial charge < -0.3 is 20.1 Å². The van der Waals surface area contributed by atoms with Crippen molar-refractivity contribution >= 4 is 23.4 Å². The van der Waals surface area contributed by atoms with Gasteiger partial charge in [0, 0.05) is 11.6 Å². The first-order chi connectivity index (χ1) is 12.9. The van der Waals surface area contributed by atoms with Crippen LogP contribution in [0, 0.1) is 0 Å². The Morgan fingerprint density at radius 2 is 1.75 bits per heavy atom. The number of halogens is 3. The minimum absolute atomic E-state index is 0.116. The van der Waals surface area contributed by atoms with Crippen LogP contribution in [0.4, 0.5) is 30.6 Å². The third kappa shape index (κ3) is 5.48. The molecular weight excluding hydrogens is 377 g/mol. The molecule has 1 heterocycles. The van der Waals surface area contributed by atoms with Gasteiger partial charge in [0.2, 0.25) is 5.95 Å². The molecule has 0 saturated carbocycles. The number of carbonyl (C=O) groups excluding carboxylic acids is 1. The molecule has 1 aromatic carbocycles. The third-order valence-electron chi connectivity index (χ3n) is 3.39. The summed E-state index contributed by atoms with van der Waals surface area (Å²) in [7, 11) is 2.62. The van der Waals surface area contributed by atoms with E-state index in [2.05, 4.69) is 25.3 Å². The van der Waals surface area contributed by atoms with E-state index in [1.54, 1.807) is 20.8 Å². The second-order valence-electron chi connectivity index (χ2n) is 6.87. The molecule has 0 aliphatic carbocycles. The van der Waals surface area contributed by atoms with E-state index in [0.717, 1.165) is 6.07 Å². The highest BCUT2D eigenvalue weighted by atomic mass is 19.4. The summed E-state index contributed by atoms with van der Waals surface area (Å²) in [6, 6.07) is 5.15. The zero-order chi connectivity index (χ0) is 21.1. The molecule has 0 aliphatic rings. The lowest BCUT2D eigenvalue weighted by atomic mass is 10.1. The van der Waals surface area contributed by atoms with E-state index in [4.69, 9.17) is 4.74 Å². The molecule has 2 N–H and O–H groups in total. The highest BCUT2D eigenvalue weighted by molar-refractivity contribution is 5.91. The molecular formula is C18H21F3N4O3. The van der Waals surface area contributed by atoms with Gasteiger partial charge in [-0.25, -0.2) is 9.78 Å². The number of carbonyl (C=O) groups is 1. The average Bonchev–Trinajstić information content (AvgIpc) is 2.58. The first kappa shape index (κ1) is 21.3. The molecule has 10 heteroatoms. The van der Waals surface area contributed by atoms with Crippen LogP contribution in [0.1, 0.15) is 36.8 Å². The maximum atomic E-state index is 13.2. The van der Waals surface area contributed by atoms with E-state index < -0.39 is 23.4 Å². The fourth-order valence-corrected chi connectivity index (χ4v) is 2.24. The van der Waals surface area contributed by atoms with E-state index in [0.29, 0.717) is 5.75 Å². The van der Waals surface area contributed by atoms with Gasteiger partial charge in [-0.15, -0.1) is 0 Å². The summed E-state index contributed by atoms with van der Waals surface area (Å²) < 4.78 is 49.6. The van der Waals surface area contributed by atoms with E-state index in [1.165, 1.54) is 32.4 Å². The summed E-state index contributed by atoms with van der Waals surface area (Å²) in [5, 5.41) is 5.58. The summed E-state index contributed by atoms with van der Waals surface area (Å²) in [5.74, 6) is -0.591. The molecule has 1 aromatic heterocycles. The van der Waals surface area contributed by atoms with Gasteiger partial charge in [0.15, 0.2) is 5.69 Å². The molecule has 0 fully saturated rings. The van der Waals surface area contributed by atoms with Crippen molar-refractivity contribution in [2.75, 3.05) is 24.9 Å². The van der Waals surface area contributed by atoms with Crippen LogP contribution in [0.25, 0.3) is 0 Å². The Kier molecular flexibility index (Phi) is 6.01. The minimum Gasteiger partial charge on any atom is -0.495 e. The Balaban J connectivity index is 2.50. The second-order valence-corrected chi connectivity index (χ2v) is 6.87. The number of anilines is 3. The highest BCUT2D eigenvalue weighted by Crippen LogP contribution is 2.33. The number of rotatable bonds is 5. The summed E-state index contributed by atoms with van der Waals surface area (Å²) in [6.45, 7) is 5.31. The van der Waals surface area contributed by atoms with Crippen molar-refractivity contribution in [3.8, 4) is 5.75 Å². The van der Waals surface area contributed by atoms with Gasteiger partial charge in [0.1, 0.15) is 11.6 Å². The quantitative estimate of drug-likeness (QED) is 0.729. The van der Waals surface area contributed by atoms with Crippen molar-refractivity contribution in [2.24, 2.45) is 0 Å². The second kappa shape index (κ2) is 7.91. The summed E-state index contributed by atoms with van der Waals surface area (Å²) in [5.41, 5.74) is -1.22. The molecule has 0 unspecified atom stereocenters. The van der Waals surface area contributed by atoms with Crippen LogP contribution < -0.4 is 15.4 Å². The van der Waals surface area contributed by atoms with Gasteiger partial charge in [-0.2, -0.15) is 18.2 Å². The van der Waals surface area contributed by atoms with Crippen LogP contribution in [-0.2, 0) is 10.9 Å². The fourth-order valence-electron chi connectivity index (χ4n) is 2.24. The third-order valence-corrected chi connectivity index (χ3v) is 3.39. The Morgan fingerprint density at radius 1 is 1.07 bits per heavy atom. The Labute approximate surface area is 160 Å². The lowest BCUT2D eigenvalue weighted by Gasteiger charge is -2.22. The Bertz CT molecular complexity index is 864. The Morgan fingerprint density at radius 3 is 2.29 bits per heavy atom. The molecule has 2 rings (SSSR count). The zero-order valence-corrected chi connectivity index (χ0v) is 16.1. The zero-order valence-electron chi connectivity index (χ0n) is 16.1. The van der Waals surface area contributed by atoms with E-state index in [-0.39, 0.29) is 23.0 Å². The van der Waals surface area contributed by atoms with Gasteiger partial charge in [0.25, 0.3) is 0 Å². The van der Waals surface area contributed by atoms with E-state index >= 15 is 0 Å². The molecule has 152 valence electrons. The number of ether oxygens (including phenoxy) is 2. The van der Waals surface area contributed by atoms with Crippen molar-refractivity contribution in [2.45, 2.75) is 32.5 Å². The van der Waals surface area contributed by atoms with Gasteiger partial charge in [-0.05, 0) is 39.0 Å². The lowest BCUT2D eigenvalue weighted by molar-refractivity contribution is -0.141. The maximum absolute atomic E-state index is 13.2. The number of hydrogen-bond acceptors (Lipinski definition) is 7. The topological polar surface area (TPSA) is 85.4 Å². The smallest absolute Gasteiger partial charge is 0.433 e. The number of methoxy groups -OCH3 is 2.